The predicted octanol–water partition coefficient (Wildman–Crippen LogP) is 6.23. The van der Waals surface area contributed by atoms with Crippen LogP contribution in [0.2, 0.25) is 0 Å². The van der Waals surface area contributed by atoms with Crippen molar-refractivity contribution >= 4 is 23.9 Å². The van der Waals surface area contributed by atoms with Crippen molar-refractivity contribution in [2.75, 3.05) is 53.6 Å². The zero-order valence-corrected chi connectivity index (χ0v) is 37.0. The molecular weight excluding hydrogens is 817 g/mol. The van der Waals surface area contributed by atoms with E-state index in [4.69, 9.17) is 37.9 Å². The van der Waals surface area contributed by atoms with Gasteiger partial charge in [-0.25, -0.2) is 9.59 Å². The maximum absolute atomic E-state index is 15.1. The molecule has 2 N–H and O–H groups in total. The first-order valence-corrected chi connectivity index (χ1v) is 21.9. The number of thioether (sulfide) groups is 1. The summed E-state index contributed by atoms with van der Waals surface area (Å²) in [4.78, 5) is 32.4. The van der Waals surface area contributed by atoms with Gasteiger partial charge in [-0.2, -0.15) is 5.26 Å². The Morgan fingerprint density at radius 2 is 1.85 bits per heavy atom. The van der Waals surface area contributed by atoms with E-state index in [1.165, 1.54) is 7.11 Å². The summed E-state index contributed by atoms with van der Waals surface area (Å²) in [7, 11) is 5.05. The fraction of sp³-hybridized carbons (Fsp3) is 0.500. The molecule has 3 aromatic rings. The van der Waals surface area contributed by atoms with E-state index in [9.17, 15) is 15.2 Å². The Labute approximate surface area is 365 Å². The molecule has 0 radical (unpaired) electrons. The number of nitrogens with zero attached hydrogens (tertiary/aromatic N) is 3. The molecule has 7 aliphatic rings. The number of rotatable bonds is 6. The van der Waals surface area contributed by atoms with E-state index < -0.39 is 52.7 Å². The number of phenols is 1. The molecule has 4 bridgehead atoms. The first-order valence-electron chi connectivity index (χ1n) is 20.8. The molecule has 328 valence electrons. The molecule has 7 atom stereocenters. The highest BCUT2D eigenvalue weighted by Crippen LogP contribution is 2.64. The van der Waals surface area contributed by atoms with Crippen LogP contribution in [0.4, 0.5) is 4.79 Å². The summed E-state index contributed by atoms with van der Waals surface area (Å²) in [6, 6.07) is 5.66. The molecule has 10 rings (SSSR count). The maximum Gasteiger partial charge on any atom is 0.514 e. The first kappa shape index (κ1) is 42.0. The molecule has 7 heterocycles. The maximum atomic E-state index is 15.1. The number of carbonyl (C=O) groups is 2. The van der Waals surface area contributed by atoms with Crippen LogP contribution in [0, 0.1) is 25.2 Å². The van der Waals surface area contributed by atoms with E-state index >= 15 is 4.79 Å². The van der Waals surface area contributed by atoms with Crippen LogP contribution in [-0.2, 0) is 32.6 Å². The van der Waals surface area contributed by atoms with Gasteiger partial charge in [-0.05, 0) is 88.9 Å². The van der Waals surface area contributed by atoms with Crippen LogP contribution in [-0.4, -0.2) is 104 Å². The second-order valence-corrected chi connectivity index (χ2v) is 18.8. The van der Waals surface area contributed by atoms with Crippen LogP contribution < -0.4 is 33.7 Å². The van der Waals surface area contributed by atoms with Crippen molar-refractivity contribution in [3.63, 3.8) is 0 Å². The molecule has 2 fully saturated rings. The van der Waals surface area contributed by atoms with Crippen molar-refractivity contribution in [1.82, 2.24) is 15.1 Å². The van der Waals surface area contributed by atoms with Crippen LogP contribution in [0.5, 0.6) is 40.2 Å². The third-order valence-corrected chi connectivity index (χ3v) is 14.6. The molecule has 1 unspecified atom stereocenters. The Morgan fingerprint density at radius 1 is 1.08 bits per heavy atom. The van der Waals surface area contributed by atoms with Crippen LogP contribution in [0.1, 0.15) is 82.6 Å². The average Bonchev–Trinajstić information content (AvgIpc) is 3.72. The van der Waals surface area contributed by atoms with E-state index in [1.54, 1.807) is 57.9 Å². The van der Waals surface area contributed by atoms with Crippen molar-refractivity contribution in [3.8, 4) is 46.3 Å². The monoisotopic (exact) mass is 868 g/mol. The molecular formula is C46H52N4O11S. The summed E-state index contributed by atoms with van der Waals surface area (Å²) in [5.74, 6) is 2.22. The minimum atomic E-state index is -1.39. The van der Waals surface area contributed by atoms with Crippen LogP contribution in [0.25, 0.3) is 0 Å². The highest BCUT2D eigenvalue weighted by molar-refractivity contribution is 7.99. The molecule has 0 saturated carbocycles. The molecule has 1 spiro atoms. The standard InChI is InChI=1S/C46H52N4O11S/c1-10-13-56-39-23(3)40-41(59-21-58-40)33-29-19-57-43(52)46(26-17-30(54-8)31(16-24(26)11-12-48-46)60-44(53)61-45(4,5)6)20-62-42(34(33)39)36-35-32-25(14-22(2)38(55-9)37(32)51)15-27(49(35)7)28(18-47)50(29)36/h10,14,16-17,27-29,35-36,42,48,51H,1,11-13,15,19-21H2,2-9H3/t27-,28+,29-,35-,36?,42-,46-/m1/s1. The second-order valence-electron chi connectivity index (χ2n) is 17.6. The van der Waals surface area contributed by atoms with Crippen LogP contribution in [0.3, 0.4) is 0 Å². The predicted molar refractivity (Wildman–Crippen MR) is 228 cm³/mol. The third kappa shape index (κ3) is 6.33. The summed E-state index contributed by atoms with van der Waals surface area (Å²) in [5, 5.41) is 26.5. The van der Waals surface area contributed by atoms with E-state index in [0.717, 1.165) is 38.9 Å². The summed E-state index contributed by atoms with van der Waals surface area (Å²) >= 11 is 1.55. The Balaban J connectivity index is 1.26. The molecule has 2 saturated heterocycles. The fourth-order valence-corrected chi connectivity index (χ4v) is 12.4. The van der Waals surface area contributed by atoms with Gasteiger partial charge < -0.3 is 43.0 Å². The summed E-state index contributed by atoms with van der Waals surface area (Å²) in [6.07, 6.45) is 1.84. The summed E-state index contributed by atoms with van der Waals surface area (Å²) in [6.45, 7) is 13.5. The van der Waals surface area contributed by atoms with Crippen molar-refractivity contribution in [2.45, 2.75) is 94.1 Å². The van der Waals surface area contributed by atoms with E-state index in [1.807, 2.05) is 20.9 Å². The van der Waals surface area contributed by atoms with Crippen molar-refractivity contribution in [2.24, 2.45) is 0 Å². The van der Waals surface area contributed by atoms with Gasteiger partial charge >= 0.3 is 12.1 Å². The summed E-state index contributed by atoms with van der Waals surface area (Å²) < 4.78 is 48.4. The minimum Gasteiger partial charge on any atom is -0.504 e. The fourth-order valence-electron chi connectivity index (χ4n) is 10.7. The largest absolute Gasteiger partial charge is 0.514 e. The Morgan fingerprint density at radius 3 is 2.56 bits per heavy atom. The van der Waals surface area contributed by atoms with Gasteiger partial charge in [0.15, 0.2) is 40.0 Å². The minimum absolute atomic E-state index is 0.0113. The molecule has 3 aromatic carbocycles. The smallest absolute Gasteiger partial charge is 0.504 e. The lowest BCUT2D eigenvalue weighted by atomic mass is 9.71. The SMILES string of the molecule is C=CCOc1c(C)c2c(c3c1[C@H]1SC[C@]4(NCCc5cc(OC(=O)OC(C)(C)C)c(OC)cc54)C(=O)OC[C@H]3N3C1[C@H]1c4c(cc(C)c(OC)c4O)C[C@H]([C@@H]3C#N)N1C)OCO2. The van der Waals surface area contributed by atoms with Gasteiger partial charge in [0.25, 0.3) is 0 Å². The van der Waals surface area contributed by atoms with E-state index in [0.29, 0.717) is 47.9 Å². The van der Waals surface area contributed by atoms with Crippen LogP contribution >= 0.6 is 11.8 Å². The number of hydrogen-bond donors (Lipinski definition) is 2. The lowest BCUT2D eigenvalue weighted by molar-refractivity contribution is -0.157. The number of fused-ring (bicyclic) bond motifs is 9. The van der Waals surface area contributed by atoms with Gasteiger partial charge in [-0.3, -0.25) is 15.1 Å². The van der Waals surface area contributed by atoms with Crippen molar-refractivity contribution in [1.29, 1.82) is 5.26 Å². The van der Waals surface area contributed by atoms with Crippen molar-refractivity contribution in [3.05, 3.63) is 75.4 Å². The molecule has 7 aliphatic heterocycles. The zero-order chi connectivity index (χ0) is 44.0. The van der Waals surface area contributed by atoms with Gasteiger partial charge in [0, 0.05) is 46.6 Å². The number of methoxy groups -OCH3 is 2. The number of likely N-dealkylation sites (N-methyl/N-ethyl adjacent to an activating group) is 1. The van der Waals surface area contributed by atoms with E-state index in [-0.39, 0.29) is 49.0 Å². The third-order valence-electron chi connectivity index (χ3n) is 13.1. The van der Waals surface area contributed by atoms with Crippen molar-refractivity contribution < 1.29 is 52.6 Å². The molecule has 0 aliphatic carbocycles. The number of ether oxygens (including phenoxy) is 8. The normalized spacial score (nSPS) is 27.1. The number of carbonyl (C=O) groups excluding carboxylic acids is 2. The number of piperazine rings is 1. The molecule has 0 aromatic heterocycles. The van der Waals surface area contributed by atoms with Gasteiger partial charge in [-0.15, -0.1) is 11.8 Å². The Bertz CT molecular complexity index is 2430. The average molecular weight is 869 g/mol. The number of nitrogens with one attached hydrogen (secondary N) is 1. The highest BCUT2D eigenvalue weighted by atomic mass is 32.2. The molecule has 15 nitrogen and oxygen atoms in total. The van der Waals surface area contributed by atoms with Gasteiger partial charge in [0.1, 0.15) is 30.6 Å². The number of phenolic OH excluding ortho intramolecular Hbond substituents is 1. The zero-order valence-electron chi connectivity index (χ0n) is 36.2. The number of aromatic hydroxyl groups is 1. The number of hydrogen-bond acceptors (Lipinski definition) is 16. The summed E-state index contributed by atoms with van der Waals surface area (Å²) in [5.41, 5.74) is 4.08. The number of esters is 1. The second kappa shape index (κ2) is 15.5. The quantitative estimate of drug-likeness (QED) is 0.162. The lowest BCUT2D eigenvalue weighted by Crippen LogP contribution is -2.69. The molecule has 0 amide bonds. The lowest BCUT2D eigenvalue weighted by Gasteiger charge is -2.62. The van der Waals surface area contributed by atoms with Gasteiger partial charge in [0.2, 0.25) is 6.79 Å². The Kier molecular flexibility index (Phi) is 10.5. The highest BCUT2D eigenvalue weighted by Gasteiger charge is 2.62. The first-order chi connectivity index (χ1) is 29.7. The number of nitriles is 1. The number of aryl methyl sites for hydroxylation is 1. The van der Waals surface area contributed by atoms with Gasteiger partial charge in [-0.1, -0.05) is 18.7 Å². The van der Waals surface area contributed by atoms with Crippen LogP contribution in [0.15, 0.2) is 30.9 Å². The Hall–Kier alpha value is -5.34. The molecule has 16 heteroatoms. The topological polar surface area (TPSA) is 171 Å². The van der Waals surface area contributed by atoms with E-state index in [2.05, 4.69) is 33.8 Å². The number of benzene rings is 3. The van der Waals surface area contributed by atoms with Gasteiger partial charge in [0.05, 0.1) is 37.6 Å². The molecule has 62 heavy (non-hydrogen) atoms.